The van der Waals surface area contributed by atoms with Crippen molar-refractivity contribution >= 4 is 51.1 Å². The van der Waals surface area contributed by atoms with Gasteiger partial charge in [0.05, 0.1) is 11.9 Å². The molecule has 0 aliphatic rings. The number of aromatic nitrogens is 1. The molecule has 0 aliphatic carbocycles. The minimum atomic E-state index is -0.813. The number of hydrogen-bond donors (Lipinski definition) is 1. The Labute approximate surface area is 172 Å². The Morgan fingerprint density at radius 3 is 2.50 bits per heavy atom. The topological polar surface area (TPSA) is 42.2 Å². The molecule has 0 radical (unpaired) electrons. The smallest absolute Gasteiger partial charge is 0.307 e. The van der Waals surface area contributed by atoms with Gasteiger partial charge in [0, 0.05) is 32.8 Å². The van der Waals surface area contributed by atoms with Gasteiger partial charge < -0.3 is 9.67 Å². The second-order valence-electron chi connectivity index (χ2n) is 6.72. The van der Waals surface area contributed by atoms with Crippen LogP contribution < -0.4 is 0 Å². The molecule has 5 heteroatoms. The average Bonchev–Trinajstić information content (AvgIpc) is 2.97. The molecule has 0 fully saturated rings. The van der Waals surface area contributed by atoms with Crippen molar-refractivity contribution in [1.29, 1.82) is 0 Å². The first kappa shape index (κ1) is 18.9. The van der Waals surface area contributed by atoms with Crippen LogP contribution in [-0.2, 0) is 17.8 Å². The van der Waals surface area contributed by atoms with Crippen molar-refractivity contribution in [2.24, 2.45) is 0 Å². The highest BCUT2D eigenvalue weighted by Gasteiger charge is 2.16. The molecule has 4 rings (SSSR count). The van der Waals surface area contributed by atoms with Gasteiger partial charge in [-0.25, -0.2) is 0 Å². The molecule has 0 amide bonds. The molecule has 3 aromatic carbocycles. The van der Waals surface area contributed by atoms with Crippen LogP contribution in [-0.4, -0.2) is 21.4 Å². The number of carbonyl (C=O) groups is 1. The van der Waals surface area contributed by atoms with Crippen molar-refractivity contribution in [3.05, 3.63) is 76.8 Å². The third kappa shape index (κ3) is 3.62. The molecule has 0 unspecified atom stereocenters. The fraction of sp³-hybridized carbons (Fsp3) is 0.174. The number of para-hydroxylation sites is 1. The third-order valence-corrected chi connectivity index (χ3v) is 5.98. The minimum Gasteiger partial charge on any atom is -0.481 e. The van der Waals surface area contributed by atoms with Crippen molar-refractivity contribution in [2.75, 3.05) is 5.75 Å². The lowest BCUT2D eigenvalue weighted by atomic mass is 10.1. The van der Waals surface area contributed by atoms with Crippen molar-refractivity contribution in [3.63, 3.8) is 0 Å². The van der Waals surface area contributed by atoms with Gasteiger partial charge in [0.15, 0.2) is 0 Å². The van der Waals surface area contributed by atoms with Gasteiger partial charge in [-0.1, -0.05) is 48.9 Å². The summed E-state index contributed by atoms with van der Waals surface area (Å²) in [6, 6.07) is 20.3. The standard InChI is InChI=1S/C23H20ClNO2S/c1-2-28-21-12-16(13-22(26)27)11-20-23(21)18-5-3-4-6-19(18)25(20)14-15-7-9-17(24)10-8-15/h3-12H,2,13-14H2,1H3,(H,26,27). The summed E-state index contributed by atoms with van der Waals surface area (Å²) in [5.41, 5.74) is 4.21. The number of carboxylic acids is 1. The normalized spacial score (nSPS) is 11.4. The van der Waals surface area contributed by atoms with Crippen LogP contribution in [0.4, 0.5) is 0 Å². The molecule has 142 valence electrons. The van der Waals surface area contributed by atoms with Crippen LogP contribution >= 0.6 is 23.4 Å². The Morgan fingerprint density at radius 2 is 1.79 bits per heavy atom. The highest BCUT2D eigenvalue weighted by molar-refractivity contribution is 7.99. The molecule has 1 heterocycles. The predicted molar refractivity (Wildman–Crippen MR) is 118 cm³/mol. The number of benzene rings is 3. The zero-order valence-corrected chi connectivity index (χ0v) is 17.1. The molecule has 28 heavy (non-hydrogen) atoms. The van der Waals surface area contributed by atoms with Crippen LogP contribution in [0.2, 0.25) is 5.02 Å². The summed E-state index contributed by atoms with van der Waals surface area (Å²) in [4.78, 5) is 12.5. The second-order valence-corrected chi connectivity index (χ2v) is 8.46. The lowest BCUT2D eigenvalue weighted by Gasteiger charge is -2.10. The van der Waals surface area contributed by atoms with Crippen LogP contribution in [0.15, 0.2) is 65.6 Å². The van der Waals surface area contributed by atoms with E-state index in [9.17, 15) is 9.90 Å². The Bertz CT molecular complexity index is 1160. The van der Waals surface area contributed by atoms with Crippen LogP contribution in [0.1, 0.15) is 18.1 Å². The maximum Gasteiger partial charge on any atom is 0.307 e. The van der Waals surface area contributed by atoms with E-state index in [2.05, 4.69) is 29.7 Å². The Kier molecular flexibility index (Phi) is 5.33. The van der Waals surface area contributed by atoms with Crippen LogP contribution in [0.3, 0.4) is 0 Å². The number of aliphatic carboxylic acids is 1. The van der Waals surface area contributed by atoms with Gasteiger partial charge in [-0.15, -0.1) is 11.8 Å². The molecular weight excluding hydrogens is 390 g/mol. The molecule has 3 nitrogen and oxygen atoms in total. The summed E-state index contributed by atoms with van der Waals surface area (Å²) in [6.45, 7) is 2.82. The molecule has 0 aliphatic heterocycles. The SMILES string of the molecule is CCSc1cc(CC(=O)O)cc2c1c1ccccc1n2Cc1ccc(Cl)cc1. The summed E-state index contributed by atoms with van der Waals surface area (Å²) in [5, 5.41) is 12.4. The average molecular weight is 410 g/mol. The predicted octanol–water partition coefficient (Wildman–Crippen LogP) is 6.24. The molecule has 4 aromatic rings. The summed E-state index contributed by atoms with van der Waals surface area (Å²) in [7, 11) is 0. The first-order chi connectivity index (χ1) is 13.6. The molecular formula is C23H20ClNO2S. The van der Waals surface area contributed by atoms with Gasteiger partial charge >= 0.3 is 5.97 Å². The van der Waals surface area contributed by atoms with E-state index in [1.54, 1.807) is 11.8 Å². The van der Waals surface area contributed by atoms with Crippen molar-refractivity contribution in [3.8, 4) is 0 Å². The molecule has 1 N–H and O–H groups in total. The summed E-state index contributed by atoms with van der Waals surface area (Å²) >= 11 is 7.80. The van der Waals surface area contributed by atoms with Gasteiger partial charge in [0.25, 0.3) is 0 Å². The van der Waals surface area contributed by atoms with E-state index in [-0.39, 0.29) is 6.42 Å². The van der Waals surface area contributed by atoms with Gasteiger partial charge in [-0.05, 0) is 47.2 Å². The maximum absolute atomic E-state index is 11.3. The molecule has 0 bridgehead atoms. The summed E-state index contributed by atoms with van der Waals surface area (Å²) in [6.07, 6.45) is 0.0235. The molecule has 1 aromatic heterocycles. The first-order valence-corrected chi connectivity index (χ1v) is 10.6. The number of fused-ring (bicyclic) bond motifs is 3. The van der Waals surface area contributed by atoms with Crippen LogP contribution in [0.5, 0.6) is 0 Å². The first-order valence-electron chi connectivity index (χ1n) is 9.19. The summed E-state index contributed by atoms with van der Waals surface area (Å²) in [5.74, 6) is 0.120. The minimum absolute atomic E-state index is 0.0235. The molecule has 0 saturated carbocycles. The monoisotopic (exact) mass is 409 g/mol. The maximum atomic E-state index is 11.3. The van der Waals surface area contributed by atoms with Gasteiger partial charge in [-0.3, -0.25) is 4.79 Å². The van der Waals surface area contributed by atoms with Gasteiger partial charge in [0.1, 0.15) is 0 Å². The van der Waals surface area contributed by atoms with E-state index >= 15 is 0 Å². The van der Waals surface area contributed by atoms with Crippen molar-refractivity contribution in [2.45, 2.75) is 24.8 Å². The van der Waals surface area contributed by atoms with Crippen LogP contribution in [0.25, 0.3) is 21.8 Å². The van der Waals surface area contributed by atoms with Gasteiger partial charge in [-0.2, -0.15) is 0 Å². The second kappa shape index (κ2) is 7.90. The Morgan fingerprint density at radius 1 is 1.04 bits per heavy atom. The van der Waals surface area contributed by atoms with E-state index in [0.717, 1.165) is 37.8 Å². The van der Waals surface area contributed by atoms with E-state index in [1.807, 2.05) is 42.5 Å². The fourth-order valence-corrected chi connectivity index (χ4v) is 4.71. The number of nitrogens with zero attached hydrogens (tertiary/aromatic N) is 1. The highest BCUT2D eigenvalue weighted by atomic mass is 35.5. The molecule has 0 spiro atoms. The van der Waals surface area contributed by atoms with E-state index in [1.165, 1.54) is 10.8 Å². The zero-order valence-electron chi connectivity index (χ0n) is 15.5. The highest BCUT2D eigenvalue weighted by Crippen LogP contribution is 2.38. The Balaban J connectivity index is 1.98. The van der Waals surface area contributed by atoms with E-state index in [4.69, 9.17) is 11.6 Å². The van der Waals surface area contributed by atoms with E-state index in [0.29, 0.717) is 6.54 Å². The van der Waals surface area contributed by atoms with Gasteiger partial charge in [0.2, 0.25) is 0 Å². The van der Waals surface area contributed by atoms with Crippen molar-refractivity contribution < 1.29 is 9.90 Å². The molecule has 0 saturated heterocycles. The van der Waals surface area contributed by atoms with Crippen LogP contribution in [0, 0.1) is 0 Å². The fourth-order valence-electron chi connectivity index (χ4n) is 3.68. The number of rotatable bonds is 6. The van der Waals surface area contributed by atoms with Crippen molar-refractivity contribution in [1.82, 2.24) is 4.57 Å². The lowest BCUT2D eigenvalue weighted by Crippen LogP contribution is -2.02. The summed E-state index contributed by atoms with van der Waals surface area (Å²) < 4.78 is 2.28. The number of thioether (sulfide) groups is 1. The number of hydrogen-bond acceptors (Lipinski definition) is 2. The lowest BCUT2D eigenvalue weighted by molar-refractivity contribution is -0.136. The van der Waals surface area contributed by atoms with E-state index < -0.39 is 5.97 Å². The Hall–Kier alpha value is -2.43. The largest absolute Gasteiger partial charge is 0.481 e. The molecule has 0 atom stereocenters. The zero-order chi connectivity index (χ0) is 19.7. The number of halogens is 1. The third-order valence-electron chi connectivity index (χ3n) is 4.81. The number of carboxylic acid groups (broad SMARTS) is 1. The quantitative estimate of drug-likeness (QED) is 0.383.